The number of amides is 1. The van der Waals surface area contributed by atoms with Crippen LogP contribution in [0.15, 0.2) is 24.3 Å². The van der Waals surface area contributed by atoms with Crippen LogP contribution in [0.2, 0.25) is 0 Å². The van der Waals surface area contributed by atoms with Gasteiger partial charge in [-0.25, -0.2) is 9.18 Å². The van der Waals surface area contributed by atoms with Crippen LogP contribution in [0.5, 0.6) is 0 Å². The van der Waals surface area contributed by atoms with Gasteiger partial charge in [-0.2, -0.15) is 0 Å². The summed E-state index contributed by atoms with van der Waals surface area (Å²) in [6, 6.07) is 5.77. The number of carbonyl (C=O) groups is 1. The number of halogens is 1. The number of benzene rings is 1. The lowest BCUT2D eigenvalue weighted by Crippen LogP contribution is -2.33. The van der Waals surface area contributed by atoms with Gasteiger partial charge in [-0.1, -0.05) is 12.1 Å². The van der Waals surface area contributed by atoms with Gasteiger partial charge < -0.3 is 15.2 Å². The summed E-state index contributed by atoms with van der Waals surface area (Å²) in [4.78, 5) is 11.4. The molecule has 1 amide bonds. The van der Waals surface area contributed by atoms with E-state index in [9.17, 15) is 14.3 Å². The van der Waals surface area contributed by atoms with Crippen LogP contribution >= 0.6 is 0 Å². The molecule has 0 aliphatic carbocycles. The summed E-state index contributed by atoms with van der Waals surface area (Å²) in [6.07, 6.45) is -1.05. The second-order valence-corrected chi connectivity index (χ2v) is 5.29. The van der Waals surface area contributed by atoms with Crippen LogP contribution in [-0.2, 0) is 4.74 Å². The Kier molecular flexibility index (Phi) is 5.30. The van der Waals surface area contributed by atoms with E-state index in [1.807, 2.05) is 0 Å². The molecule has 106 valence electrons. The summed E-state index contributed by atoms with van der Waals surface area (Å²) >= 11 is 0. The Labute approximate surface area is 112 Å². The van der Waals surface area contributed by atoms with E-state index in [-0.39, 0.29) is 6.54 Å². The fourth-order valence-electron chi connectivity index (χ4n) is 1.51. The molecule has 1 atom stereocenters. The summed E-state index contributed by atoms with van der Waals surface area (Å²) in [7, 11) is 0. The second kappa shape index (κ2) is 6.52. The molecule has 0 saturated carbocycles. The van der Waals surface area contributed by atoms with Crippen molar-refractivity contribution in [3.05, 3.63) is 35.6 Å². The van der Waals surface area contributed by atoms with Gasteiger partial charge in [0, 0.05) is 6.54 Å². The molecule has 0 radical (unpaired) electrons. The molecular formula is C14H20FNO3. The summed E-state index contributed by atoms with van der Waals surface area (Å²) in [5.74, 6) is -0.392. The average Bonchev–Trinajstić information content (AvgIpc) is 2.26. The number of aliphatic hydroxyl groups is 1. The number of alkyl carbamates (subject to hydrolysis) is 1. The number of hydrogen-bond acceptors (Lipinski definition) is 3. The summed E-state index contributed by atoms with van der Waals surface area (Å²) in [5.41, 5.74) is -0.0587. The van der Waals surface area contributed by atoms with Gasteiger partial charge in [0.2, 0.25) is 0 Å². The topological polar surface area (TPSA) is 58.6 Å². The summed E-state index contributed by atoms with van der Waals surface area (Å²) < 4.78 is 18.0. The molecule has 4 nitrogen and oxygen atoms in total. The lowest BCUT2D eigenvalue weighted by Gasteiger charge is -2.20. The van der Waals surface area contributed by atoms with Gasteiger partial charge in [-0.15, -0.1) is 0 Å². The third kappa shape index (κ3) is 6.20. The minimum absolute atomic E-state index is 0.257. The van der Waals surface area contributed by atoms with Crippen molar-refractivity contribution in [2.75, 3.05) is 6.54 Å². The van der Waals surface area contributed by atoms with Gasteiger partial charge in [-0.3, -0.25) is 0 Å². The zero-order chi connectivity index (χ0) is 14.5. The van der Waals surface area contributed by atoms with E-state index < -0.39 is 23.6 Å². The molecule has 0 heterocycles. The van der Waals surface area contributed by atoms with E-state index in [2.05, 4.69) is 5.32 Å². The Bertz CT molecular complexity index is 429. The highest BCUT2D eigenvalue weighted by atomic mass is 19.1. The van der Waals surface area contributed by atoms with E-state index in [0.717, 1.165) is 0 Å². The molecule has 19 heavy (non-hydrogen) atoms. The number of carbonyl (C=O) groups excluding carboxylic acids is 1. The summed E-state index contributed by atoms with van der Waals surface area (Å²) in [6.45, 7) is 5.57. The zero-order valence-electron chi connectivity index (χ0n) is 11.4. The molecule has 0 aliphatic rings. The van der Waals surface area contributed by atoms with Crippen molar-refractivity contribution in [3.63, 3.8) is 0 Å². The Morgan fingerprint density at radius 3 is 2.74 bits per heavy atom. The molecule has 0 spiro atoms. The van der Waals surface area contributed by atoms with E-state index in [4.69, 9.17) is 4.74 Å². The summed E-state index contributed by atoms with van der Waals surface area (Å²) in [5, 5.41) is 12.4. The van der Waals surface area contributed by atoms with Crippen molar-refractivity contribution >= 4 is 6.09 Å². The predicted octanol–water partition coefficient (Wildman–Crippen LogP) is 2.77. The van der Waals surface area contributed by atoms with Gasteiger partial charge in [-0.05, 0) is 44.9 Å². The van der Waals surface area contributed by atoms with Gasteiger partial charge in [0.15, 0.2) is 0 Å². The van der Waals surface area contributed by atoms with Gasteiger partial charge in [0.1, 0.15) is 11.4 Å². The lowest BCUT2D eigenvalue weighted by molar-refractivity contribution is 0.0518. The Morgan fingerprint density at radius 2 is 2.16 bits per heavy atom. The maximum Gasteiger partial charge on any atom is 0.407 e. The normalized spacial score (nSPS) is 12.9. The van der Waals surface area contributed by atoms with Gasteiger partial charge >= 0.3 is 6.09 Å². The van der Waals surface area contributed by atoms with Crippen molar-refractivity contribution in [3.8, 4) is 0 Å². The third-order valence-corrected chi connectivity index (χ3v) is 2.32. The maximum absolute atomic E-state index is 13.0. The predicted molar refractivity (Wildman–Crippen MR) is 70.2 cm³/mol. The molecule has 5 heteroatoms. The molecule has 0 aromatic heterocycles. The minimum Gasteiger partial charge on any atom is -0.444 e. The molecule has 1 rings (SSSR count). The van der Waals surface area contributed by atoms with Crippen LogP contribution in [0.25, 0.3) is 0 Å². The van der Waals surface area contributed by atoms with Crippen LogP contribution in [-0.4, -0.2) is 23.3 Å². The molecule has 2 N–H and O–H groups in total. The van der Waals surface area contributed by atoms with Crippen LogP contribution in [0.3, 0.4) is 0 Å². The van der Waals surface area contributed by atoms with Crippen molar-refractivity contribution in [2.24, 2.45) is 0 Å². The maximum atomic E-state index is 13.0. The number of nitrogens with one attached hydrogen (secondary N) is 1. The largest absolute Gasteiger partial charge is 0.444 e. The minimum atomic E-state index is -0.814. The van der Waals surface area contributed by atoms with Crippen molar-refractivity contribution < 1.29 is 19.0 Å². The number of aliphatic hydroxyl groups excluding tert-OH is 1. The van der Waals surface area contributed by atoms with Crippen LogP contribution < -0.4 is 5.32 Å². The fourth-order valence-corrected chi connectivity index (χ4v) is 1.51. The van der Waals surface area contributed by atoms with E-state index in [1.165, 1.54) is 18.2 Å². The molecule has 1 aromatic rings. The first kappa shape index (κ1) is 15.4. The van der Waals surface area contributed by atoms with Gasteiger partial charge in [0.25, 0.3) is 0 Å². The van der Waals surface area contributed by atoms with E-state index in [1.54, 1.807) is 26.8 Å². The molecular weight excluding hydrogens is 249 g/mol. The third-order valence-electron chi connectivity index (χ3n) is 2.32. The molecule has 0 aliphatic heterocycles. The second-order valence-electron chi connectivity index (χ2n) is 5.29. The molecule has 1 aromatic carbocycles. The first-order valence-corrected chi connectivity index (χ1v) is 6.18. The van der Waals surface area contributed by atoms with E-state index in [0.29, 0.717) is 12.0 Å². The fraction of sp³-hybridized carbons (Fsp3) is 0.500. The quantitative estimate of drug-likeness (QED) is 0.883. The highest BCUT2D eigenvalue weighted by Crippen LogP contribution is 2.16. The Hall–Kier alpha value is -1.62. The molecule has 0 bridgehead atoms. The lowest BCUT2D eigenvalue weighted by atomic mass is 10.1. The van der Waals surface area contributed by atoms with Crippen molar-refractivity contribution in [1.82, 2.24) is 5.32 Å². The Balaban J connectivity index is 2.35. The molecule has 0 saturated heterocycles. The average molecular weight is 269 g/mol. The van der Waals surface area contributed by atoms with Crippen LogP contribution in [0, 0.1) is 5.82 Å². The van der Waals surface area contributed by atoms with Crippen molar-refractivity contribution in [2.45, 2.75) is 38.9 Å². The number of rotatable bonds is 4. The Morgan fingerprint density at radius 1 is 1.47 bits per heavy atom. The standard InChI is InChI=1S/C14H20FNO3/c1-14(2,3)19-13(18)16-8-7-12(17)10-5-4-6-11(15)9-10/h4-6,9,12,17H,7-8H2,1-3H3,(H,16,18)/t12-/m0/s1. The molecule has 0 fully saturated rings. The number of hydrogen-bond donors (Lipinski definition) is 2. The SMILES string of the molecule is CC(C)(C)OC(=O)NCC[C@H](O)c1cccc(F)c1. The highest BCUT2D eigenvalue weighted by Gasteiger charge is 2.16. The smallest absolute Gasteiger partial charge is 0.407 e. The highest BCUT2D eigenvalue weighted by molar-refractivity contribution is 5.67. The zero-order valence-corrected chi connectivity index (χ0v) is 11.4. The molecule has 0 unspecified atom stereocenters. The van der Waals surface area contributed by atoms with Crippen LogP contribution in [0.1, 0.15) is 38.9 Å². The van der Waals surface area contributed by atoms with Crippen LogP contribution in [0.4, 0.5) is 9.18 Å². The first-order chi connectivity index (χ1) is 8.78. The monoisotopic (exact) mass is 269 g/mol. The van der Waals surface area contributed by atoms with E-state index >= 15 is 0 Å². The van der Waals surface area contributed by atoms with Crippen molar-refractivity contribution in [1.29, 1.82) is 0 Å². The first-order valence-electron chi connectivity index (χ1n) is 6.18. The van der Waals surface area contributed by atoms with Gasteiger partial charge in [0.05, 0.1) is 6.10 Å². The number of ether oxygens (including phenoxy) is 1.